The molecule has 2 atom stereocenters. The molecule has 1 rings (SSSR count). The number of nitrogens with zero attached hydrogens (tertiary/aromatic N) is 1. The maximum absolute atomic E-state index is 13.1. The molecule has 5 heteroatoms. The highest BCUT2D eigenvalue weighted by molar-refractivity contribution is 5.94. The fourth-order valence-corrected chi connectivity index (χ4v) is 2.12. The van der Waals surface area contributed by atoms with E-state index in [1.807, 2.05) is 13.8 Å². The molecule has 1 aromatic carbocycles. The molecule has 21 heavy (non-hydrogen) atoms. The van der Waals surface area contributed by atoms with Crippen molar-refractivity contribution in [1.82, 2.24) is 4.90 Å². The number of anilines is 2. The molecule has 1 aromatic rings. The summed E-state index contributed by atoms with van der Waals surface area (Å²) in [7, 11) is 0. The van der Waals surface area contributed by atoms with E-state index in [4.69, 9.17) is 5.73 Å². The minimum atomic E-state index is -0.479. The van der Waals surface area contributed by atoms with E-state index >= 15 is 0 Å². The molecular formula is C16H26FN3O. The molecule has 0 aliphatic carbocycles. The molecular weight excluding hydrogens is 269 g/mol. The minimum Gasteiger partial charge on any atom is -0.396 e. The van der Waals surface area contributed by atoms with E-state index in [2.05, 4.69) is 24.1 Å². The average molecular weight is 295 g/mol. The van der Waals surface area contributed by atoms with E-state index in [0.717, 1.165) is 19.5 Å². The number of hydrogen-bond acceptors (Lipinski definition) is 3. The maximum Gasteiger partial charge on any atom is 0.241 e. The van der Waals surface area contributed by atoms with E-state index in [9.17, 15) is 9.18 Å². The standard InChI is InChI=1S/C16H26FN3O/c1-5-11(3)10-20(6-2)12(4)16(21)19-13-7-8-14(17)15(18)9-13/h7-9,11-12H,5-6,10,18H2,1-4H3,(H,19,21). The van der Waals surface area contributed by atoms with Gasteiger partial charge in [0.2, 0.25) is 5.91 Å². The van der Waals surface area contributed by atoms with E-state index in [-0.39, 0.29) is 17.6 Å². The Kier molecular flexibility index (Phi) is 6.62. The number of rotatable bonds is 7. The summed E-state index contributed by atoms with van der Waals surface area (Å²) in [5, 5.41) is 2.79. The largest absolute Gasteiger partial charge is 0.396 e. The van der Waals surface area contributed by atoms with Crippen molar-refractivity contribution < 1.29 is 9.18 Å². The lowest BCUT2D eigenvalue weighted by Crippen LogP contribution is -2.43. The monoisotopic (exact) mass is 295 g/mol. The van der Waals surface area contributed by atoms with Crippen molar-refractivity contribution in [2.75, 3.05) is 24.1 Å². The van der Waals surface area contributed by atoms with Crippen LogP contribution in [0.1, 0.15) is 34.1 Å². The summed E-state index contributed by atoms with van der Waals surface area (Å²) in [6.07, 6.45) is 1.08. The van der Waals surface area contributed by atoms with Crippen molar-refractivity contribution in [3.8, 4) is 0 Å². The van der Waals surface area contributed by atoms with Gasteiger partial charge in [0.25, 0.3) is 0 Å². The van der Waals surface area contributed by atoms with Crippen LogP contribution in [-0.4, -0.2) is 29.9 Å². The molecule has 1 amide bonds. The number of carbonyl (C=O) groups excluding carboxylic acids is 1. The number of nitrogens with two attached hydrogens (primary N) is 1. The number of amides is 1. The third kappa shape index (κ3) is 5.01. The molecule has 0 aliphatic rings. The first kappa shape index (κ1) is 17.4. The van der Waals surface area contributed by atoms with Gasteiger partial charge in [-0.25, -0.2) is 4.39 Å². The summed E-state index contributed by atoms with van der Waals surface area (Å²) in [6, 6.07) is 3.97. The van der Waals surface area contributed by atoms with Crippen molar-refractivity contribution >= 4 is 17.3 Å². The lowest BCUT2D eigenvalue weighted by Gasteiger charge is -2.29. The Morgan fingerprint density at radius 1 is 1.38 bits per heavy atom. The van der Waals surface area contributed by atoms with Crippen molar-refractivity contribution in [3.63, 3.8) is 0 Å². The van der Waals surface area contributed by atoms with Crippen LogP contribution in [-0.2, 0) is 4.79 Å². The van der Waals surface area contributed by atoms with Crippen LogP contribution in [0.15, 0.2) is 18.2 Å². The third-order valence-electron chi connectivity index (χ3n) is 3.84. The Hall–Kier alpha value is -1.62. The van der Waals surface area contributed by atoms with Crippen molar-refractivity contribution in [3.05, 3.63) is 24.0 Å². The van der Waals surface area contributed by atoms with Crippen LogP contribution in [0.2, 0.25) is 0 Å². The summed E-state index contributed by atoms with van der Waals surface area (Å²) < 4.78 is 13.1. The molecule has 0 spiro atoms. The minimum absolute atomic E-state index is 0.0346. The molecule has 118 valence electrons. The second-order valence-electron chi connectivity index (χ2n) is 5.50. The Morgan fingerprint density at radius 3 is 2.57 bits per heavy atom. The molecule has 0 saturated carbocycles. The highest BCUT2D eigenvalue weighted by atomic mass is 19.1. The van der Waals surface area contributed by atoms with Gasteiger partial charge >= 0.3 is 0 Å². The molecule has 0 heterocycles. The smallest absolute Gasteiger partial charge is 0.241 e. The molecule has 0 aromatic heterocycles. The van der Waals surface area contributed by atoms with Crippen LogP contribution in [0.4, 0.5) is 15.8 Å². The molecule has 2 unspecified atom stereocenters. The van der Waals surface area contributed by atoms with Crippen molar-refractivity contribution in [2.24, 2.45) is 5.92 Å². The molecule has 0 fully saturated rings. The van der Waals surface area contributed by atoms with Gasteiger partial charge in [-0.1, -0.05) is 27.2 Å². The zero-order valence-electron chi connectivity index (χ0n) is 13.3. The van der Waals surface area contributed by atoms with E-state index in [1.54, 1.807) is 0 Å². The van der Waals surface area contributed by atoms with Gasteiger partial charge in [-0.15, -0.1) is 0 Å². The lowest BCUT2D eigenvalue weighted by atomic mass is 10.1. The number of nitrogen functional groups attached to an aromatic ring is 1. The molecule has 0 radical (unpaired) electrons. The summed E-state index contributed by atoms with van der Waals surface area (Å²) in [4.78, 5) is 14.4. The molecule has 3 N–H and O–H groups in total. The Labute approximate surface area is 126 Å². The van der Waals surface area contributed by atoms with E-state index < -0.39 is 5.82 Å². The zero-order valence-corrected chi connectivity index (χ0v) is 13.3. The van der Waals surface area contributed by atoms with Crippen LogP contribution in [0, 0.1) is 11.7 Å². The second kappa shape index (κ2) is 7.98. The Morgan fingerprint density at radius 2 is 2.05 bits per heavy atom. The van der Waals surface area contributed by atoms with E-state index in [1.165, 1.54) is 18.2 Å². The zero-order chi connectivity index (χ0) is 16.0. The maximum atomic E-state index is 13.1. The van der Waals surface area contributed by atoms with Gasteiger partial charge in [-0.3, -0.25) is 9.69 Å². The van der Waals surface area contributed by atoms with Gasteiger partial charge in [-0.2, -0.15) is 0 Å². The number of hydrogen-bond donors (Lipinski definition) is 2. The van der Waals surface area contributed by atoms with Crippen LogP contribution < -0.4 is 11.1 Å². The SMILES string of the molecule is CCC(C)CN(CC)C(C)C(=O)Nc1ccc(F)c(N)c1. The van der Waals surface area contributed by atoms with E-state index in [0.29, 0.717) is 11.6 Å². The molecule has 0 saturated heterocycles. The predicted molar refractivity (Wildman–Crippen MR) is 85.6 cm³/mol. The van der Waals surface area contributed by atoms with Gasteiger partial charge in [0.1, 0.15) is 5.82 Å². The van der Waals surface area contributed by atoms with Crippen LogP contribution in [0.3, 0.4) is 0 Å². The highest BCUT2D eigenvalue weighted by Gasteiger charge is 2.21. The van der Waals surface area contributed by atoms with Gasteiger partial charge in [0.05, 0.1) is 11.7 Å². The number of nitrogens with one attached hydrogen (secondary N) is 1. The summed E-state index contributed by atoms with van der Waals surface area (Å²) in [5.41, 5.74) is 6.06. The quantitative estimate of drug-likeness (QED) is 0.760. The lowest BCUT2D eigenvalue weighted by molar-refractivity contribution is -0.120. The van der Waals surface area contributed by atoms with Crippen LogP contribution in [0.5, 0.6) is 0 Å². The topological polar surface area (TPSA) is 58.4 Å². The number of carbonyl (C=O) groups is 1. The van der Waals surface area contributed by atoms with Crippen molar-refractivity contribution in [2.45, 2.75) is 40.2 Å². The predicted octanol–water partition coefficient (Wildman–Crippen LogP) is 3.10. The number of benzene rings is 1. The molecule has 0 bridgehead atoms. The Balaban J connectivity index is 2.69. The molecule has 4 nitrogen and oxygen atoms in total. The van der Waals surface area contributed by atoms with Crippen LogP contribution >= 0.6 is 0 Å². The average Bonchev–Trinajstić information content (AvgIpc) is 2.47. The summed E-state index contributed by atoms with van der Waals surface area (Å²) in [5.74, 6) is -0.0409. The van der Waals surface area contributed by atoms with Crippen molar-refractivity contribution in [1.29, 1.82) is 0 Å². The number of likely N-dealkylation sites (N-methyl/N-ethyl adjacent to an activating group) is 1. The van der Waals surface area contributed by atoms with Crippen LogP contribution in [0.25, 0.3) is 0 Å². The fraction of sp³-hybridized carbons (Fsp3) is 0.562. The fourth-order valence-electron chi connectivity index (χ4n) is 2.12. The first-order valence-corrected chi connectivity index (χ1v) is 7.48. The van der Waals surface area contributed by atoms with Gasteiger partial charge in [0.15, 0.2) is 0 Å². The highest BCUT2D eigenvalue weighted by Crippen LogP contribution is 2.17. The second-order valence-corrected chi connectivity index (χ2v) is 5.50. The van der Waals surface area contributed by atoms with Gasteiger partial charge in [-0.05, 0) is 37.6 Å². The summed E-state index contributed by atoms with van der Waals surface area (Å²) >= 11 is 0. The third-order valence-corrected chi connectivity index (χ3v) is 3.84. The first-order chi connectivity index (χ1) is 9.88. The summed E-state index contributed by atoms with van der Waals surface area (Å²) in [6.45, 7) is 9.94. The number of halogens is 1. The first-order valence-electron chi connectivity index (χ1n) is 7.48. The van der Waals surface area contributed by atoms with Gasteiger partial charge < -0.3 is 11.1 Å². The Bertz CT molecular complexity index is 479. The van der Waals surface area contributed by atoms with Gasteiger partial charge in [0, 0.05) is 12.2 Å². The normalized spacial score (nSPS) is 14.0. The molecule has 0 aliphatic heterocycles.